The van der Waals surface area contributed by atoms with Gasteiger partial charge in [-0.1, -0.05) is 0 Å². The highest BCUT2D eigenvalue weighted by Gasteiger charge is 2.27. The average molecular weight is 329 g/mol. The SMILES string of the molecule is COC(=O)c1c([N+](=O)[O-])cnn1PI. The number of hydrogen-bond acceptors (Lipinski definition) is 5. The molecule has 9 heteroatoms. The van der Waals surface area contributed by atoms with E-state index in [1.54, 1.807) is 0 Å². The van der Waals surface area contributed by atoms with Crippen LogP contribution < -0.4 is 0 Å². The highest BCUT2D eigenvalue weighted by molar-refractivity contribution is 14.2. The van der Waals surface area contributed by atoms with E-state index in [-0.39, 0.29) is 17.8 Å². The molecule has 0 fully saturated rings. The minimum absolute atomic E-state index is 0.109. The van der Waals surface area contributed by atoms with Crippen molar-refractivity contribution in [1.82, 2.24) is 9.55 Å². The molecule has 0 aromatic carbocycles. The van der Waals surface area contributed by atoms with Gasteiger partial charge in [0.05, 0.1) is 18.4 Å². The quantitative estimate of drug-likeness (QED) is 0.275. The molecule has 0 aliphatic rings. The minimum atomic E-state index is -0.752. The first kappa shape index (κ1) is 11.3. The number of nitrogens with zero attached hydrogens (tertiary/aromatic N) is 3. The van der Waals surface area contributed by atoms with Gasteiger partial charge in [0, 0.05) is 0 Å². The molecule has 1 rings (SSSR count). The van der Waals surface area contributed by atoms with Gasteiger partial charge in [0.25, 0.3) is 0 Å². The largest absolute Gasteiger partial charge is 0.464 e. The Hall–Kier alpha value is -0.760. The molecule has 0 radical (unpaired) electrons. The van der Waals surface area contributed by atoms with Crippen LogP contribution in [0.2, 0.25) is 0 Å². The summed E-state index contributed by atoms with van der Waals surface area (Å²) in [7, 11) is 1.17. The standard InChI is InChI=1S/C5H5IN3O4P/c1-13-5(10)4-3(9(11)12)2-7-8(4)14-6/h2,14H,1H3. The van der Waals surface area contributed by atoms with E-state index in [1.807, 2.05) is 22.0 Å². The molecule has 0 aliphatic heterocycles. The van der Waals surface area contributed by atoms with Gasteiger partial charge in [-0.2, -0.15) is 5.10 Å². The van der Waals surface area contributed by atoms with Crippen LogP contribution >= 0.6 is 28.4 Å². The zero-order chi connectivity index (χ0) is 10.7. The molecule has 76 valence electrons. The molecule has 14 heavy (non-hydrogen) atoms. The zero-order valence-electron chi connectivity index (χ0n) is 6.93. The maximum atomic E-state index is 11.2. The van der Waals surface area contributed by atoms with Gasteiger partial charge in [-0.25, -0.2) is 9.25 Å². The Labute approximate surface area is 93.3 Å². The van der Waals surface area contributed by atoms with Crippen LogP contribution in [0.3, 0.4) is 0 Å². The van der Waals surface area contributed by atoms with Gasteiger partial charge in [0.2, 0.25) is 5.69 Å². The predicted octanol–water partition coefficient (Wildman–Crippen LogP) is 1.37. The second-order valence-corrected chi connectivity index (χ2v) is 4.16. The fourth-order valence-corrected chi connectivity index (χ4v) is 2.31. The Kier molecular flexibility index (Phi) is 3.76. The van der Waals surface area contributed by atoms with Crippen LogP contribution in [0.1, 0.15) is 10.5 Å². The molecule has 0 saturated carbocycles. The summed E-state index contributed by atoms with van der Waals surface area (Å²) in [4.78, 5) is 21.0. The first-order chi connectivity index (χ1) is 6.61. The lowest BCUT2D eigenvalue weighted by Crippen LogP contribution is -2.08. The number of rotatable bonds is 3. The first-order valence-electron chi connectivity index (χ1n) is 3.29. The van der Waals surface area contributed by atoms with Crippen molar-refractivity contribution in [3.05, 3.63) is 22.0 Å². The monoisotopic (exact) mass is 329 g/mol. The van der Waals surface area contributed by atoms with Crippen molar-refractivity contribution in [2.45, 2.75) is 0 Å². The Morgan fingerprint density at radius 1 is 1.86 bits per heavy atom. The molecule has 1 aromatic heterocycles. The lowest BCUT2D eigenvalue weighted by Gasteiger charge is -1.99. The zero-order valence-corrected chi connectivity index (χ0v) is 10.1. The summed E-state index contributed by atoms with van der Waals surface area (Å²) in [6, 6.07) is 0. The molecule has 0 N–H and O–H groups in total. The van der Waals surface area contributed by atoms with E-state index in [4.69, 9.17) is 0 Å². The van der Waals surface area contributed by atoms with Crippen LogP contribution in [0, 0.1) is 10.1 Å². The van der Waals surface area contributed by atoms with Gasteiger partial charge in [-0.3, -0.25) is 10.1 Å². The lowest BCUT2D eigenvalue weighted by atomic mass is 10.4. The van der Waals surface area contributed by atoms with Gasteiger partial charge in [-0.05, 0) is 22.0 Å². The van der Waals surface area contributed by atoms with Crippen molar-refractivity contribution < 1.29 is 14.5 Å². The van der Waals surface area contributed by atoms with E-state index in [0.29, 0.717) is 0 Å². The Morgan fingerprint density at radius 2 is 2.50 bits per heavy atom. The van der Waals surface area contributed by atoms with Crippen LogP contribution in [-0.4, -0.2) is 27.6 Å². The number of halogens is 1. The van der Waals surface area contributed by atoms with Gasteiger partial charge in [0.1, 0.15) is 6.20 Å². The average Bonchev–Trinajstić information content (AvgIpc) is 2.59. The Balaban J connectivity index is 3.26. The van der Waals surface area contributed by atoms with Crippen molar-refractivity contribution in [3.8, 4) is 0 Å². The number of ether oxygens (including phenoxy) is 1. The fourth-order valence-electron chi connectivity index (χ4n) is 0.825. The van der Waals surface area contributed by atoms with Crippen LogP contribution in [0.15, 0.2) is 6.20 Å². The van der Waals surface area contributed by atoms with Crippen LogP contribution in [-0.2, 0) is 4.74 Å². The first-order valence-corrected chi connectivity index (χ1v) is 7.35. The number of nitro groups is 1. The highest BCUT2D eigenvalue weighted by Crippen LogP contribution is 2.30. The molecular formula is C5H5IN3O4P. The van der Waals surface area contributed by atoms with E-state index in [1.165, 1.54) is 11.6 Å². The maximum absolute atomic E-state index is 11.2. The Bertz CT molecular complexity index is 379. The third kappa shape index (κ3) is 2.01. The molecule has 1 heterocycles. The van der Waals surface area contributed by atoms with Crippen molar-refractivity contribution in [1.29, 1.82) is 0 Å². The Morgan fingerprint density at radius 3 is 2.93 bits per heavy atom. The number of hydrogen-bond donors (Lipinski definition) is 0. The molecule has 7 nitrogen and oxygen atoms in total. The molecule has 0 saturated heterocycles. The fraction of sp³-hybridized carbons (Fsp3) is 0.200. The summed E-state index contributed by atoms with van der Waals surface area (Å²) in [5.74, 6) is -0.752. The number of esters is 1. The third-order valence-corrected chi connectivity index (χ3v) is 3.28. The molecule has 1 unspecified atom stereocenters. The molecule has 0 spiro atoms. The maximum Gasteiger partial charge on any atom is 0.363 e. The summed E-state index contributed by atoms with van der Waals surface area (Å²) in [6.07, 6.45) is 1.15. The van der Waals surface area contributed by atoms with Gasteiger partial charge < -0.3 is 4.74 Å². The summed E-state index contributed by atoms with van der Waals surface area (Å²) in [6.45, 7) is 0. The number of carbonyl (C=O) groups is 1. The smallest absolute Gasteiger partial charge is 0.363 e. The second-order valence-electron chi connectivity index (χ2n) is 2.12. The van der Waals surface area contributed by atoms with E-state index in [0.717, 1.165) is 6.20 Å². The van der Waals surface area contributed by atoms with Crippen molar-refractivity contribution >= 4 is 40.1 Å². The summed E-state index contributed by atoms with van der Waals surface area (Å²) >= 11 is 1.96. The van der Waals surface area contributed by atoms with Crippen molar-refractivity contribution in [2.24, 2.45) is 0 Å². The molecule has 0 amide bonds. The van der Waals surface area contributed by atoms with Crippen molar-refractivity contribution in [2.75, 3.05) is 7.11 Å². The van der Waals surface area contributed by atoms with E-state index < -0.39 is 10.9 Å². The summed E-state index contributed by atoms with van der Waals surface area (Å²) in [5.41, 5.74) is -0.453. The predicted molar refractivity (Wildman–Crippen MR) is 58.0 cm³/mol. The third-order valence-electron chi connectivity index (χ3n) is 1.41. The van der Waals surface area contributed by atoms with Crippen LogP contribution in [0.25, 0.3) is 0 Å². The summed E-state index contributed by atoms with van der Waals surface area (Å²) < 4.78 is 5.67. The summed E-state index contributed by atoms with van der Waals surface area (Å²) in [5, 5.41) is 14.2. The van der Waals surface area contributed by atoms with E-state index in [2.05, 4.69) is 9.84 Å². The molecule has 0 aliphatic carbocycles. The number of carbonyl (C=O) groups excluding carboxylic acids is 1. The number of methoxy groups -OCH3 is 1. The van der Waals surface area contributed by atoms with Crippen molar-refractivity contribution in [3.63, 3.8) is 0 Å². The molecule has 1 aromatic rings. The molecular weight excluding hydrogens is 324 g/mol. The molecule has 0 bridgehead atoms. The normalized spacial score (nSPS) is 10.7. The molecule has 1 atom stereocenters. The highest BCUT2D eigenvalue weighted by atomic mass is 127. The van der Waals surface area contributed by atoms with Crippen LogP contribution in [0.4, 0.5) is 5.69 Å². The second kappa shape index (κ2) is 4.65. The minimum Gasteiger partial charge on any atom is -0.464 e. The lowest BCUT2D eigenvalue weighted by molar-refractivity contribution is -0.385. The van der Waals surface area contributed by atoms with Gasteiger partial charge in [0.15, 0.2) is 0 Å². The van der Waals surface area contributed by atoms with Gasteiger partial charge in [-0.15, -0.1) is 0 Å². The number of aromatic nitrogens is 2. The topological polar surface area (TPSA) is 87.3 Å². The van der Waals surface area contributed by atoms with Crippen LogP contribution in [0.5, 0.6) is 0 Å². The van der Waals surface area contributed by atoms with Gasteiger partial charge >= 0.3 is 11.7 Å². The van der Waals surface area contributed by atoms with E-state index >= 15 is 0 Å². The van der Waals surface area contributed by atoms with E-state index in [9.17, 15) is 14.9 Å².